The minimum Gasteiger partial charge on any atom is -0.468 e. The highest BCUT2D eigenvalue weighted by atomic mass is 32.2. The molecule has 2 aromatic heterocycles. The van der Waals surface area contributed by atoms with Crippen molar-refractivity contribution in [3.05, 3.63) is 76.4 Å². The Morgan fingerprint density at radius 1 is 1.04 bits per heavy atom. The highest BCUT2D eigenvalue weighted by molar-refractivity contribution is 7.89. The van der Waals surface area contributed by atoms with E-state index in [-0.39, 0.29) is 6.54 Å². The van der Waals surface area contributed by atoms with E-state index in [1.165, 1.54) is 9.18 Å². The number of furan rings is 1. The van der Waals surface area contributed by atoms with Crippen LogP contribution in [0.1, 0.15) is 29.5 Å². The molecule has 0 bridgehead atoms. The summed E-state index contributed by atoms with van der Waals surface area (Å²) in [6, 6.07) is 14.8. The van der Waals surface area contributed by atoms with Crippen LogP contribution in [0.3, 0.4) is 0 Å². The zero-order valence-corrected chi connectivity index (χ0v) is 16.4. The van der Waals surface area contributed by atoms with E-state index in [1.54, 1.807) is 41.9 Å². The molecule has 0 amide bonds. The first-order chi connectivity index (χ1) is 12.6. The third-order valence-electron chi connectivity index (χ3n) is 4.20. The molecule has 0 aliphatic heterocycles. The second-order valence-electron chi connectivity index (χ2n) is 6.14. The Morgan fingerprint density at radius 3 is 2.46 bits per heavy atom. The summed E-state index contributed by atoms with van der Waals surface area (Å²) in [6.07, 6.45) is 4.25. The first-order valence-electron chi connectivity index (χ1n) is 8.73. The number of sulfonamides is 1. The predicted octanol–water partition coefficient (Wildman–Crippen LogP) is 4.73. The molecule has 6 heteroatoms. The molecular weight excluding hydrogens is 366 g/mol. The van der Waals surface area contributed by atoms with Gasteiger partial charge in [-0.05, 0) is 54.1 Å². The highest BCUT2D eigenvalue weighted by Crippen LogP contribution is 2.21. The molecule has 0 fully saturated rings. The third-order valence-corrected chi connectivity index (χ3v) is 7.00. The molecule has 0 saturated heterocycles. The topological polar surface area (TPSA) is 50.5 Å². The molecule has 0 aliphatic carbocycles. The van der Waals surface area contributed by atoms with Crippen LogP contribution in [0.4, 0.5) is 0 Å². The number of hydrogen-bond acceptors (Lipinski definition) is 4. The number of benzene rings is 1. The molecule has 0 unspecified atom stereocenters. The normalized spacial score (nSPS) is 11.9. The summed E-state index contributed by atoms with van der Waals surface area (Å²) in [7, 11) is -3.58. The van der Waals surface area contributed by atoms with Crippen LogP contribution in [0, 0.1) is 0 Å². The van der Waals surface area contributed by atoms with Crippen LogP contribution in [0.5, 0.6) is 0 Å². The first kappa shape index (κ1) is 18.9. The second-order valence-corrected chi connectivity index (χ2v) is 9.11. The fraction of sp³-hybridized carbons (Fsp3) is 0.300. The number of thiophene rings is 1. The van der Waals surface area contributed by atoms with Crippen molar-refractivity contribution in [1.29, 1.82) is 0 Å². The zero-order valence-electron chi connectivity index (χ0n) is 14.8. The number of rotatable bonds is 9. The van der Waals surface area contributed by atoms with Gasteiger partial charge >= 0.3 is 0 Å². The molecule has 138 valence electrons. The molecule has 0 spiro atoms. The molecule has 0 aliphatic rings. The van der Waals surface area contributed by atoms with Crippen LogP contribution < -0.4 is 0 Å². The van der Waals surface area contributed by atoms with E-state index >= 15 is 0 Å². The molecule has 0 saturated carbocycles. The van der Waals surface area contributed by atoms with Gasteiger partial charge in [-0.25, -0.2) is 8.42 Å². The van der Waals surface area contributed by atoms with Gasteiger partial charge in [0.15, 0.2) is 0 Å². The summed E-state index contributed by atoms with van der Waals surface area (Å²) >= 11 is 1.64. The molecule has 3 rings (SSSR count). The lowest BCUT2D eigenvalue weighted by Gasteiger charge is -2.21. The van der Waals surface area contributed by atoms with Crippen LogP contribution in [-0.4, -0.2) is 19.3 Å². The lowest BCUT2D eigenvalue weighted by Crippen LogP contribution is -2.32. The summed E-state index contributed by atoms with van der Waals surface area (Å²) in [4.78, 5) is 1.50. The molecular formula is C20H23NO3S2. The highest BCUT2D eigenvalue weighted by Gasteiger charge is 2.25. The van der Waals surface area contributed by atoms with Crippen LogP contribution >= 0.6 is 11.3 Å². The number of hydrogen-bond donors (Lipinski definition) is 0. The lowest BCUT2D eigenvalue weighted by atomic mass is 10.1. The van der Waals surface area contributed by atoms with Crippen LogP contribution in [0.25, 0.3) is 0 Å². The molecule has 1 aromatic carbocycles. The fourth-order valence-corrected chi connectivity index (χ4v) is 4.92. The average Bonchev–Trinajstić information content (AvgIpc) is 3.33. The Bertz CT molecular complexity index is 883. The number of nitrogens with zero attached hydrogens (tertiary/aromatic N) is 1. The third kappa shape index (κ3) is 4.63. The van der Waals surface area contributed by atoms with E-state index in [0.717, 1.165) is 18.4 Å². The smallest absolute Gasteiger partial charge is 0.243 e. The van der Waals surface area contributed by atoms with Crippen molar-refractivity contribution in [2.24, 2.45) is 0 Å². The van der Waals surface area contributed by atoms with Crippen molar-refractivity contribution in [2.45, 2.75) is 37.6 Å². The van der Waals surface area contributed by atoms with Crippen molar-refractivity contribution in [1.82, 2.24) is 4.31 Å². The van der Waals surface area contributed by atoms with Crippen LogP contribution in [0.15, 0.2) is 69.5 Å². The summed E-state index contributed by atoms with van der Waals surface area (Å²) in [5.74, 6) is 0.641. The van der Waals surface area contributed by atoms with E-state index in [9.17, 15) is 8.42 Å². The van der Waals surface area contributed by atoms with Crippen molar-refractivity contribution in [3.63, 3.8) is 0 Å². The summed E-state index contributed by atoms with van der Waals surface area (Å²) < 4.78 is 33.2. The molecule has 4 nitrogen and oxygen atoms in total. The van der Waals surface area contributed by atoms with E-state index < -0.39 is 10.0 Å². The van der Waals surface area contributed by atoms with Crippen molar-refractivity contribution < 1.29 is 12.8 Å². The molecule has 0 N–H and O–H groups in total. The fourth-order valence-electron chi connectivity index (χ4n) is 2.82. The maximum absolute atomic E-state index is 13.2. The maximum atomic E-state index is 13.2. The Balaban J connectivity index is 1.82. The van der Waals surface area contributed by atoms with Gasteiger partial charge in [-0.2, -0.15) is 4.31 Å². The monoisotopic (exact) mass is 389 g/mol. The first-order valence-corrected chi connectivity index (χ1v) is 11.1. The number of aryl methyl sites for hydroxylation is 1. The largest absolute Gasteiger partial charge is 0.468 e. The zero-order chi connectivity index (χ0) is 18.4. The van der Waals surface area contributed by atoms with Gasteiger partial charge < -0.3 is 4.42 Å². The van der Waals surface area contributed by atoms with Gasteiger partial charge in [0.25, 0.3) is 0 Å². The van der Waals surface area contributed by atoms with Crippen molar-refractivity contribution in [2.75, 3.05) is 6.54 Å². The Kier molecular flexibility index (Phi) is 6.29. The Hall–Kier alpha value is -1.89. The molecule has 26 heavy (non-hydrogen) atoms. The summed E-state index contributed by atoms with van der Waals surface area (Å²) in [5, 5.41) is 2.01. The van der Waals surface area contributed by atoms with E-state index in [4.69, 9.17) is 4.42 Å². The summed E-state index contributed by atoms with van der Waals surface area (Å²) in [5.41, 5.74) is 1.16. The SMILES string of the molecule is CCCc1ccc(S(=O)(=O)N(CCc2cccs2)Cc2ccco2)cc1. The minimum atomic E-state index is -3.58. The summed E-state index contributed by atoms with van der Waals surface area (Å²) in [6.45, 7) is 2.76. The van der Waals surface area contributed by atoms with Crippen LogP contribution in [-0.2, 0) is 29.4 Å². The van der Waals surface area contributed by atoms with Gasteiger partial charge in [0.05, 0.1) is 17.7 Å². The Morgan fingerprint density at radius 2 is 1.85 bits per heavy atom. The molecule has 3 aromatic rings. The van der Waals surface area contributed by atoms with Crippen molar-refractivity contribution in [3.8, 4) is 0 Å². The van der Waals surface area contributed by atoms with Crippen molar-refractivity contribution >= 4 is 21.4 Å². The molecule has 0 atom stereocenters. The average molecular weight is 390 g/mol. The molecule has 0 radical (unpaired) electrons. The predicted molar refractivity (Wildman–Crippen MR) is 105 cm³/mol. The maximum Gasteiger partial charge on any atom is 0.243 e. The van der Waals surface area contributed by atoms with Gasteiger partial charge in [-0.1, -0.05) is 31.5 Å². The van der Waals surface area contributed by atoms with Gasteiger partial charge in [-0.3, -0.25) is 0 Å². The van der Waals surface area contributed by atoms with E-state index in [0.29, 0.717) is 23.6 Å². The minimum absolute atomic E-state index is 0.234. The van der Waals surface area contributed by atoms with Gasteiger partial charge in [0.2, 0.25) is 10.0 Å². The quantitative estimate of drug-likeness (QED) is 0.532. The van der Waals surface area contributed by atoms with Crippen LogP contribution in [0.2, 0.25) is 0 Å². The van der Waals surface area contributed by atoms with Gasteiger partial charge in [-0.15, -0.1) is 11.3 Å². The van der Waals surface area contributed by atoms with Gasteiger partial charge in [0.1, 0.15) is 5.76 Å². The molecule has 2 heterocycles. The van der Waals surface area contributed by atoms with E-state index in [1.807, 2.05) is 29.6 Å². The Labute approximate surface area is 159 Å². The lowest BCUT2D eigenvalue weighted by molar-refractivity contribution is 0.366. The van der Waals surface area contributed by atoms with Gasteiger partial charge in [0, 0.05) is 11.4 Å². The second kappa shape index (κ2) is 8.66. The van der Waals surface area contributed by atoms with E-state index in [2.05, 4.69) is 6.92 Å². The standard InChI is InChI=1S/C20H23NO3S2/c1-2-5-17-8-10-20(11-9-17)26(22,23)21(16-18-6-3-14-24-18)13-12-19-7-4-15-25-19/h3-4,6-11,14-15H,2,5,12-13,16H2,1H3.